The van der Waals surface area contributed by atoms with Crippen LogP contribution in [0.25, 0.3) is 0 Å². The smallest absolute Gasteiger partial charge is 0.408 e. The number of hydrogen-bond donors (Lipinski definition) is 1. The molecule has 0 bridgehead atoms. The first-order valence-corrected chi connectivity index (χ1v) is 12.4. The van der Waals surface area contributed by atoms with E-state index in [1.165, 1.54) is 7.11 Å². The molecule has 158 valence electrons. The minimum Gasteiger partial charge on any atom is -0.544 e. The molecular formula is C21H35NO5Si. The average molecular weight is 410 g/mol. The lowest BCUT2D eigenvalue weighted by atomic mass is 10.1. The van der Waals surface area contributed by atoms with E-state index in [1.807, 2.05) is 24.3 Å². The first-order chi connectivity index (χ1) is 12.6. The van der Waals surface area contributed by atoms with Gasteiger partial charge < -0.3 is 19.2 Å². The Hall–Kier alpha value is -2.02. The summed E-state index contributed by atoms with van der Waals surface area (Å²) in [6.07, 6.45) is -0.354. The van der Waals surface area contributed by atoms with Crippen LogP contribution >= 0.6 is 0 Å². The zero-order valence-electron chi connectivity index (χ0n) is 18.6. The number of amides is 1. The first kappa shape index (κ1) is 24.0. The molecule has 7 heteroatoms. The number of esters is 1. The molecule has 1 N–H and O–H groups in total. The Kier molecular flexibility index (Phi) is 7.71. The van der Waals surface area contributed by atoms with Crippen LogP contribution < -0.4 is 9.74 Å². The number of methoxy groups -OCH3 is 1. The Balaban J connectivity index is 2.85. The molecule has 0 radical (unpaired) electrons. The van der Waals surface area contributed by atoms with Gasteiger partial charge in [0.1, 0.15) is 17.4 Å². The van der Waals surface area contributed by atoms with E-state index in [2.05, 4.69) is 39.2 Å². The Bertz CT molecular complexity index is 672. The molecule has 28 heavy (non-hydrogen) atoms. The monoisotopic (exact) mass is 409 g/mol. The van der Waals surface area contributed by atoms with Gasteiger partial charge in [-0.15, -0.1) is 0 Å². The molecule has 0 spiro atoms. The lowest BCUT2D eigenvalue weighted by Crippen LogP contribution is -2.45. The Labute approximate surface area is 170 Å². The molecule has 0 aliphatic heterocycles. The normalized spacial score (nSPS) is 13.5. The molecule has 0 aromatic heterocycles. The predicted molar refractivity (Wildman–Crippen MR) is 113 cm³/mol. The van der Waals surface area contributed by atoms with Gasteiger partial charge >= 0.3 is 12.1 Å². The van der Waals surface area contributed by atoms with Crippen molar-refractivity contribution >= 4 is 20.4 Å². The standard InChI is InChI=1S/C21H35NO5Si/c1-20(2,3)26-19(24)22-17(18(23)25-7)14-15-10-12-16(13-11-15)27-28(8,9)21(4,5)6/h10-13,17H,14H2,1-9H3,(H,22,24)/t17-/m0/s1. The summed E-state index contributed by atoms with van der Waals surface area (Å²) in [5, 5.41) is 2.70. The SMILES string of the molecule is COC(=O)[C@H](Cc1ccc(O[Si](C)(C)C(C)(C)C)cc1)NC(=O)OC(C)(C)C. The minimum absolute atomic E-state index is 0.110. The van der Waals surface area contributed by atoms with Gasteiger partial charge in [-0.05, 0) is 56.6 Å². The minimum atomic E-state index is -1.91. The Morgan fingerprint density at radius 3 is 2.00 bits per heavy atom. The zero-order valence-corrected chi connectivity index (χ0v) is 19.6. The van der Waals surface area contributed by atoms with Crippen LogP contribution in [0.2, 0.25) is 18.1 Å². The molecule has 0 fully saturated rings. The predicted octanol–water partition coefficient (Wildman–Crippen LogP) is 4.68. The fourth-order valence-corrected chi connectivity index (χ4v) is 3.19. The molecule has 0 saturated heterocycles. The number of ether oxygens (including phenoxy) is 2. The summed E-state index contributed by atoms with van der Waals surface area (Å²) in [6, 6.07) is 6.77. The van der Waals surface area contributed by atoms with Crippen molar-refractivity contribution in [3.63, 3.8) is 0 Å². The van der Waals surface area contributed by atoms with E-state index >= 15 is 0 Å². The van der Waals surface area contributed by atoms with E-state index < -0.39 is 32.0 Å². The molecule has 0 unspecified atom stereocenters. The molecule has 1 amide bonds. The van der Waals surface area contributed by atoms with Crippen LogP contribution in [-0.2, 0) is 20.7 Å². The zero-order chi connectivity index (χ0) is 21.8. The Morgan fingerprint density at radius 1 is 1.04 bits per heavy atom. The topological polar surface area (TPSA) is 73.9 Å². The molecule has 1 aromatic rings. The maximum absolute atomic E-state index is 12.1. The molecule has 0 aliphatic rings. The van der Waals surface area contributed by atoms with Gasteiger partial charge in [-0.3, -0.25) is 0 Å². The van der Waals surface area contributed by atoms with Gasteiger partial charge in [0, 0.05) is 6.42 Å². The van der Waals surface area contributed by atoms with Crippen molar-refractivity contribution in [2.24, 2.45) is 0 Å². The Morgan fingerprint density at radius 2 is 1.57 bits per heavy atom. The number of hydrogen-bond acceptors (Lipinski definition) is 5. The van der Waals surface area contributed by atoms with Crippen molar-refractivity contribution < 1.29 is 23.5 Å². The van der Waals surface area contributed by atoms with Crippen LogP contribution in [0, 0.1) is 0 Å². The van der Waals surface area contributed by atoms with E-state index in [0.29, 0.717) is 6.42 Å². The number of rotatable bonds is 6. The van der Waals surface area contributed by atoms with Gasteiger partial charge in [0.25, 0.3) is 0 Å². The van der Waals surface area contributed by atoms with Crippen LogP contribution in [0.3, 0.4) is 0 Å². The van der Waals surface area contributed by atoms with Crippen molar-refractivity contribution in [1.29, 1.82) is 0 Å². The third kappa shape index (κ3) is 7.54. The van der Waals surface area contributed by atoms with Gasteiger partial charge in [0.15, 0.2) is 0 Å². The largest absolute Gasteiger partial charge is 0.544 e. The van der Waals surface area contributed by atoms with Crippen LogP contribution in [0.15, 0.2) is 24.3 Å². The molecule has 1 aromatic carbocycles. The highest BCUT2D eigenvalue weighted by atomic mass is 28.4. The number of alkyl carbamates (subject to hydrolysis) is 1. The highest BCUT2D eigenvalue weighted by molar-refractivity contribution is 6.74. The highest BCUT2D eigenvalue weighted by Crippen LogP contribution is 2.37. The summed E-state index contributed by atoms with van der Waals surface area (Å²) in [4.78, 5) is 24.1. The van der Waals surface area contributed by atoms with E-state index in [1.54, 1.807) is 20.8 Å². The second-order valence-electron chi connectivity index (χ2n) is 9.43. The fourth-order valence-electron chi connectivity index (χ4n) is 2.16. The average Bonchev–Trinajstić information content (AvgIpc) is 2.52. The first-order valence-electron chi connectivity index (χ1n) is 9.50. The van der Waals surface area contributed by atoms with Crippen molar-refractivity contribution in [2.45, 2.75) is 77.7 Å². The van der Waals surface area contributed by atoms with Gasteiger partial charge in [0.05, 0.1) is 7.11 Å². The van der Waals surface area contributed by atoms with Crippen LogP contribution in [0.5, 0.6) is 5.75 Å². The van der Waals surface area contributed by atoms with E-state index in [9.17, 15) is 9.59 Å². The second-order valence-corrected chi connectivity index (χ2v) is 14.2. The van der Waals surface area contributed by atoms with Crippen LogP contribution in [-0.4, -0.2) is 39.1 Å². The third-order valence-electron chi connectivity index (χ3n) is 4.72. The number of carbonyl (C=O) groups is 2. The molecule has 0 saturated carbocycles. The molecule has 1 rings (SSSR count). The lowest BCUT2D eigenvalue weighted by molar-refractivity contribution is -0.143. The number of benzene rings is 1. The van der Waals surface area contributed by atoms with Crippen LogP contribution in [0.4, 0.5) is 4.79 Å². The summed E-state index contributed by atoms with van der Waals surface area (Å²) in [5.74, 6) is 0.289. The highest BCUT2D eigenvalue weighted by Gasteiger charge is 2.39. The molecule has 6 nitrogen and oxygen atoms in total. The molecule has 0 heterocycles. The molecule has 1 atom stereocenters. The maximum atomic E-state index is 12.1. The fraction of sp³-hybridized carbons (Fsp3) is 0.619. The molecule has 0 aliphatic carbocycles. The third-order valence-corrected chi connectivity index (χ3v) is 9.08. The molecular weight excluding hydrogens is 374 g/mol. The quantitative estimate of drug-likeness (QED) is 0.545. The van der Waals surface area contributed by atoms with E-state index in [-0.39, 0.29) is 5.04 Å². The van der Waals surface area contributed by atoms with Crippen molar-refractivity contribution in [2.75, 3.05) is 7.11 Å². The van der Waals surface area contributed by atoms with Gasteiger partial charge in [-0.25, -0.2) is 9.59 Å². The summed E-state index contributed by atoms with van der Waals surface area (Å²) in [6.45, 7) is 16.3. The summed E-state index contributed by atoms with van der Waals surface area (Å²) in [7, 11) is -0.617. The van der Waals surface area contributed by atoms with E-state index in [4.69, 9.17) is 13.9 Å². The lowest BCUT2D eigenvalue weighted by Gasteiger charge is -2.36. The van der Waals surface area contributed by atoms with Crippen molar-refractivity contribution in [3.05, 3.63) is 29.8 Å². The summed E-state index contributed by atoms with van der Waals surface area (Å²) in [5.41, 5.74) is 0.238. The maximum Gasteiger partial charge on any atom is 0.408 e. The number of carbonyl (C=O) groups excluding carboxylic acids is 2. The van der Waals surface area contributed by atoms with Crippen molar-refractivity contribution in [3.8, 4) is 5.75 Å². The van der Waals surface area contributed by atoms with Gasteiger partial charge in [-0.2, -0.15) is 0 Å². The van der Waals surface area contributed by atoms with Crippen LogP contribution in [0.1, 0.15) is 47.1 Å². The number of nitrogens with one attached hydrogen (secondary N) is 1. The summed E-state index contributed by atoms with van der Waals surface area (Å²) >= 11 is 0. The summed E-state index contributed by atoms with van der Waals surface area (Å²) < 4.78 is 16.3. The van der Waals surface area contributed by atoms with Gasteiger partial charge in [0.2, 0.25) is 8.32 Å². The second kappa shape index (κ2) is 8.98. The van der Waals surface area contributed by atoms with E-state index in [0.717, 1.165) is 11.3 Å². The van der Waals surface area contributed by atoms with Crippen molar-refractivity contribution in [1.82, 2.24) is 5.32 Å². The van der Waals surface area contributed by atoms with Gasteiger partial charge in [-0.1, -0.05) is 32.9 Å².